The van der Waals surface area contributed by atoms with Crippen LogP contribution in [0, 0.1) is 0 Å². The van der Waals surface area contributed by atoms with Crippen LogP contribution in [0.15, 0.2) is 0 Å². The molecule has 2 heterocycles. The Morgan fingerprint density at radius 3 is 1.74 bits per heavy atom. The Labute approximate surface area is 130 Å². The molecule has 0 radical (unpaired) electrons. The standard InChI is InChI=1S/C12H22O11/c13-1-3-5(15)7(17)9(19)11(22-3)12(21)10(20)8(18)6(16)4(2-14)23-12/h3-11,13-21H,1-2H2/t3-,4-,5-,6-,7+,8+,9-,10-,11+,12?/m1/s1. The van der Waals surface area contributed by atoms with E-state index in [0.29, 0.717) is 0 Å². The predicted octanol–water partition coefficient (Wildman–Crippen LogP) is -6.01. The maximum Gasteiger partial charge on any atom is 0.225 e. The molecule has 2 aliphatic rings. The Bertz CT molecular complexity index is 404. The summed E-state index contributed by atoms with van der Waals surface area (Å²) < 4.78 is 10.1. The average molecular weight is 342 g/mol. The van der Waals surface area contributed by atoms with Gasteiger partial charge in [-0.15, -0.1) is 0 Å². The lowest BCUT2D eigenvalue weighted by molar-refractivity contribution is -0.406. The first kappa shape index (κ1) is 18.9. The lowest BCUT2D eigenvalue weighted by Crippen LogP contribution is -2.75. The van der Waals surface area contributed by atoms with E-state index in [4.69, 9.17) is 19.7 Å². The highest BCUT2D eigenvalue weighted by Crippen LogP contribution is 2.37. The molecule has 0 aromatic heterocycles. The molecule has 0 aliphatic carbocycles. The van der Waals surface area contributed by atoms with Gasteiger partial charge in [0.2, 0.25) is 5.79 Å². The van der Waals surface area contributed by atoms with Gasteiger partial charge < -0.3 is 55.4 Å². The topological polar surface area (TPSA) is 201 Å². The number of rotatable bonds is 3. The summed E-state index contributed by atoms with van der Waals surface area (Å²) in [5.41, 5.74) is 0. The second-order valence-corrected chi connectivity index (χ2v) is 5.77. The molecule has 0 bridgehead atoms. The fraction of sp³-hybridized carbons (Fsp3) is 1.00. The monoisotopic (exact) mass is 342 g/mol. The third kappa shape index (κ3) is 2.99. The Balaban J connectivity index is 2.33. The van der Waals surface area contributed by atoms with E-state index in [9.17, 15) is 35.7 Å². The summed E-state index contributed by atoms with van der Waals surface area (Å²) >= 11 is 0. The number of hydrogen-bond acceptors (Lipinski definition) is 11. The molecule has 10 atom stereocenters. The largest absolute Gasteiger partial charge is 0.394 e. The van der Waals surface area contributed by atoms with Crippen LogP contribution in [0.25, 0.3) is 0 Å². The molecule has 23 heavy (non-hydrogen) atoms. The molecule has 1 unspecified atom stereocenters. The van der Waals surface area contributed by atoms with Gasteiger partial charge in [0.1, 0.15) is 54.9 Å². The molecule has 0 aromatic carbocycles. The highest BCUT2D eigenvalue weighted by molar-refractivity contribution is 5.05. The average Bonchev–Trinajstić information content (AvgIpc) is 2.54. The smallest absolute Gasteiger partial charge is 0.225 e. The molecule has 0 aromatic rings. The van der Waals surface area contributed by atoms with Gasteiger partial charge in [0.15, 0.2) is 0 Å². The second-order valence-electron chi connectivity index (χ2n) is 5.77. The van der Waals surface area contributed by atoms with E-state index in [2.05, 4.69) is 0 Å². The first-order chi connectivity index (χ1) is 10.7. The maximum absolute atomic E-state index is 10.5. The Morgan fingerprint density at radius 1 is 0.696 bits per heavy atom. The Kier molecular flexibility index (Phi) is 5.60. The van der Waals surface area contributed by atoms with E-state index < -0.39 is 73.9 Å². The molecule has 136 valence electrons. The van der Waals surface area contributed by atoms with Gasteiger partial charge in [-0.1, -0.05) is 0 Å². The van der Waals surface area contributed by atoms with Gasteiger partial charge in [-0.05, 0) is 0 Å². The molecule has 2 saturated heterocycles. The summed E-state index contributed by atoms with van der Waals surface area (Å²) in [7, 11) is 0. The van der Waals surface area contributed by atoms with Gasteiger partial charge in [0, 0.05) is 0 Å². The predicted molar refractivity (Wildman–Crippen MR) is 68.7 cm³/mol. The summed E-state index contributed by atoms with van der Waals surface area (Å²) in [4.78, 5) is 0. The highest BCUT2D eigenvalue weighted by atomic mass is 16.7. The van der Waals surface area contributed by atoms with Gasteiger partial charge >= 0.3 is 0 Å². The molecule has 2 rings (SSSR count). The van der Waals surface area contributed by atoms with Crippen LogP contribution >= 0.6 is 0 Å². The number of hydrogen-bond donors (Lipinski definition) is 9. The van der Waals surface area contributed by atoms with Crippen molar-refractivity contribution < 1.29 is 55.4 Å². The van der Waals surface area contributed by atoms with Crippen molar-refractivity contribution in [3.63, 3.8) is 0 Å². The third-order valence-corrected chi connectivity index (χ3v) is 4.30. The van der Waals surface area contributed by atoms with E-state index in [1.54, 1.807) is 0 Å². The quantitative estimate of drug-likeness (QED) is 0.236. The summed E-state index contributed by atoms with van der Waals surface area (Å²) in [6, 6.07) is 0. The number of aliphatic hydroxyl groups is 9. The lowest BCUT2D eigenvalue weighted by atomic mass is 9.83. The van der Waals surface area contributed by atoms with E-state index in [1.807, 2.05) is 0 Å². The molecule has 2 aliphatic heterocycles. The van der Waals surface area contributed by atoms with Gasteiger partial charge in [-0.25, -0.2) is 0 Å². The van der Waals surface area contributed by atoms with Crippen molar-refractivity contribution in [2.75, 3.05) is 13.2 Å². The first-order valence-electron chi connectivity index (χ1n) is 7.04. The number of aliphatic hydroxyl groups excluding tert-OH is 8. The number of ether oxygens (including phenoxy) is 2. The van der Waals surface area contributed by atoms with E-state index in [0.717, 1.165) is 0 Å². The zero-order chi connectivity index (χ0) is 17.5. The molecule has 9 N–H and O–H groups in total. The highest BCUT2D eigenvalue weighted by Gasteiger charge is 2.62. The van der Waals surface area contributed by atoms with Crippen LogP contribution in [-0.2, 0) is 9.47 Å². The zero-order valence-corrected chi connectivity index (χ0v) is 12.0. The van der Waals surface area contributed by atoms with Crippen LogP contribution in [-0.4, -0.2) is 120 Å². The molecule has 0 amide bonds. The van der Waals surface area contributed by atoms with Crippen molar-refractivity contribution in [1.82, 2.24) is 0 Å². The van der Waals surface area contributed by atoms with Crippen LogP contribution in [0.5, 0.6) is 0 Å². The molecule has 11 heteroatoms. The van der Waals surface area contributed by atoms with Crippen LogP contribution in [0.4, 0.5) is 0 Å². The van der Waals surface area contributed by atoms with Gasteiger partial charge in [-0.2, -0.15) is 0 Å². The normalized spacial score (nSPS) is 54.9. The molecule has 11 nitrogen and oxygen atoms in total. The van der Waals surface area contributed by atoms with Crippen LogP contribution in [0.3, 0.4) is 0 Å². The van der Waals surface area contributed by atoms with E-state index in [1.165, 1.54) is 0 Å². The summed E-state index contributed by atoms with van der Waals surface area (Å²) in [6.07, 6.45) is -16.1. The van der Waals surface area contributed by atoms with Gasteiger partial charge in [0.25, 0.3) is 0 Å². The summed E-state index contributed by atoms with van der Waals surface area (Å²) in [5.74, 6) is -2.82. The summed E-state index contributed by atoms with van der Waals surface area (Å²) in [5, 5.41) is 87.7. The van der Waals surface area contributed by atoms with E-state index >= 15 is 0 Å². The van der Waals surface area contributed by atoms with Crippen molar-refractivity contribution in [3.05, 3.63) is 0 Å². The third-order valence-electron chi connectivity index (χ3n) is 4.30. The maximum atomic E-state index is 10.5. The zero-order valence-electron chi connectivity index (χ0n) is 12.0. The summed E-state index contributed by atoms with van der Waals surface area (Å²) in [6.45, 7) is -1.60. The molecule has 0 saturated carbocycles. The Hall–Kier alpha value is -0.440. The van der Waals surface area contributed by atoms with E-state index in [-0.39, 0.29) is 0 Å². The van der Waals surface area contributed by atoms with Crippen molar-refractivity contribution in [2.45, 2.75) is 60.7 Å². The molecule has 2 fully saturated rings. The lowest BCUT2D eigenvalue weighted by Gasteiger charge is -2.52. The van der Waals surface area contributed by atoms with Gasteiger partial charge in [0.05, 0.1) is 13.2 Å². The van der Waals surface area contributed by atoms with Crippen LogP contribution in [0.2, 0.25) is 0 Å². The minimum absolute atomic E-state index is 0.776. The Morgan fingerprint density at radius 2 is 1.22 bits per heavy atom. The first-order valence-corrected chi connectivity index (χ1v) is 7.04. The molecular weight excluding hydrogens is 320 g/mol. The minimum atomic E-state index is -2.82. The molecule has 0 spiro atoms. The second kappa shape index (κ2) is 6.82. The fourth-order valence-electron chi connectivity index (χ4n) is 2.86. The van der Waals surface area contributed by atoms with Crippen LogP contribution < -0.4 is 0 Å². The fourth-order valence-corrected chi connectivity index (χ4v) is 2.86. The minimum Gasteiger partial charge on any atom is -0.394 e. The van der Waals surface area contributed by atoms with Crippen molar-refractivity contribution in [1.29, 1.82) is 0 Å². The SMILES string of the molecule is OC[C@H]1O[C@H](C2(O)O[C@H](CO)[C@@H](O)[C@H](O)[C@H]2O)[C@H](O)[C@@H](O)[C@@H]1O. The van der Waals surface area contributed by atoms with Crippen LogP contribution in [0.1, 0.15) is 0 Å². The van der Waals surface area contributed by atoms with Crippen molar-refractivity contribution in [3.8, 4) is 0 Å². The van der Waals surface area contributed by atoms with Crippen molar-refractivity contribution in [2.24, 2.45) is 0 Å². The molecular formula is C12H22O11. The van der Waals surface area contributed by atoms with Crippen molar-refractivity contribution >= 4 is 0 Å². The van der Waals surface area contributed by atoms with Gasteiger partial charge in [-0.3, -0.25) is 0 Å².